The van der Waals surface area contributed by atoms with E-state index in [9.17, 15) is 14.4 Å². The molecule has 0 bridgehead atoms. The molecule has 0 aliphatic rings. The summed E-state index contributed by atoms with van der Waals surface area (Å²) in [6, 6.07) is 6.62. The van der Waals surface area contributed by atoms with Crippen LogP contribution >= 0.6 is 11.3 Å². The van der Waals surface area contributed by atoms with E-state index in [1.807, 2.05) is 25.3 Å². The number of carbonyl (C=O) groups is 1. The Labute approximate surface area is 180 Å². The predicted octanol–water partition coefficient (Wildman–Crippen LogP) is 3.16. The van der Waals surface area contributed by atoms with Crippen molar-refractivity contribution in [2.24, 2.45) is 0 Å². The molecule has 0 atom stereocenters. The molecule has 31 heavy (non-hydrogen) atoms. The highest BCUT2D eigenvalue weighted by atomic mass is 32.1. The first kappa shape index (κ1) is 20.8. The molecule has 0 aliphatic carbocycles. The van der Waals surface area contributed by atoms with Crippen molar-refractivity contribution in [2.45, 2.75) is 33.3 Å². The molecule has 0 unspecified atom stereocenters. The molecule has 4 rings (SSSR count). The van der Waals surface area contributed by atoms with Gasteiger partial charge in [0.2, 0.25) is 0 Å². The summed E-state index contributed by atoms with van der Waals surface area (Å²) in [6.45, 7) is 3.54. The van der Waals surface area contributed by atoms with E-state index in [1.54, 1.807) is 12.1 Å². The fraction of sp³-hybridized carbons (Fsp3) is 0.273. The monoisotopic (exact) mass is 440 g/mol. The van der Waals surface area contributed by atoms with Crippen LogP contribution in [0.15, 0.2) is 43.7 Å². The van der Waals surface area contributed by atoms with Crippen LogP contribution in [0.1, 0.15) is 28.9 Å². The molecule has 8 nitrogen and oxygen atoms in total. The van der Waals surface area contributed by atoms with Crippen molar-refractivity contribution in [3.8, 4) is 5.75 Å². The molecule has 3 heterocycles. The summed E-state index contributed by atoms with van der Waals surface area (Å²) in [5, 5.41) is 2.63. The van der Waals surface area contributed by atoms with E-state index in [2.05, 4.69) is 4.98 Å². The predicted molar refractivity (Wildman–Crippen MR) is 116 cm³/mol. The van der Waals surface area contributed by atoms with Crippen LogP contribution in [-0.4, -0.2) is 22.5 Å². The topological polar surface area (TPSA) is 100 Å². The van der Waals surface area contributed by atoms with E-state index >= 15 is 0 Å². The summed E-state index contributed by atoms with van der Waals surface area (Å²) in [7, 11) is 1.54. The second-order valence-electron chi connectivity index (χ2n) is 7.10. The van der Waals surface area contributed by atoms with E-state index in [0.29, 0.717) is 27.6 Å². The Morgan fingerprint density at radius 2 is 2.03 bits per heavy atom. The van der Waals surface area contributed by atoms with Crippen LogP contribution in [0, 0.1) is 13.8 Å². The largest absolute Gasteiger partial charge is 0.497 e. The minimum absolute atomic E-state index is 0.00655. The Hall–Kier alpha value is -3.46. The summed E-state index contributed by atoms with van der Waals surface area (Å²) in [5.41, 5.74) is 2.12. The second kappa shape index (κ2) is 8.35. The summed E-state index contributed by atoms with van der Waals surface area (Å²) >= 11 is 1.35. The van der Waals surface area contributed by atoms with Crippen molar-refractivity contribution >= 4 is 33.2 Å². The zero-order chi connectivity index (χ0) is 22.1. The van der Waals surface area contributed by atoms with Crippen molar-refractivity contribution in [3.63, 3.8) is 0 Å². The number of ether oxygens (including phenoxy) is 2. The van der Waals surface area contributed by atoms with Crippen molar-refractivity contribution < 1.29 is 18.7 Å². The Morgan fingerprint density at radius 1 is 1.23 bits per heavy atom. The van der Waals surface area contributed by atoms with Gasteiger partial charge in [-0.05, 0) is 38.0 Å². The number of aromatic nitrogens is 2. The number of esters is 1. The zero-order valence-electron chi connectivity index (χ0n) is 17.3. The van der Waals surface area contributed by atoms with Gasteiger partial charge >= 0.3 is 11.6 Å². The number of aryl methyl sites for hydroxylation is 2. The molecule has 9 heteroatoms. The lowest BCUT2D eigenvalue weighted by Gasteiger charge is -2.09. The van der Waals surface area contributed by atoms with Gasteiger partial charge in [0, 0.05) is 40.6 Å². The molecule has 4 aromatic rings. The highest BCUT2D eigenvalue weighted by Crippen LogP contribution is 2.24. The molecule has 0 saturated heterocycles. The van der Waals surface area contributed by atoms with Crippen LogP contribution in [0.25, 0.3) is 15.9 Å². The van der Waals surface area contributed by atoms with Crippen LogP contribution in [0.3, 0.4) is 0 Å². The van der Waals surface area contributed by atoms with Gasteiger partial charge in [-0.1, -0.05) is 0 Å². The van der Waals surface area contributed by atoms with Crippen molar-refractivity contribution in [1.82, 2.24) is 9.38 Å². The van der Waals surface area contributed by atoms with Gasteiger partial charge < -0.3 is 13.9 Å². The molecule has 0 N–H and O–H groups in total. The Kier molecular flexibility index (Phi) is 5.60. The zero-order valence-corrected chi connectivity index (χ0v) is 18.1. The molecule has 0 aliphatic heterocycles. The quantitative estimate of drug-likeness (QED) is 0.335. The smallest absolute Gasteiger partial charge is 0.339 e. The van der Waals surface area contributed by atoms with Crippen molar-refractivity contribution in [1.29, 1.82) is 0 Å². The molecular weight excluding hydrogens is 420 g/mol. The minimum atomic E-state index is -0.488. The molecule has 0 fully saturated rings. The molecular formula is C22H20N2O6S. The summed E-state index contributed by atoms with van der Waals surface area (Å²) in [6.07, 6.45) is 0.195. The fourth-order valence-corrected chi connectivity index (χ4v) is 4.31. The van der Waals surface area contributed by atoms with Crippen LogP contribution in [0.2, 0.25) is 0 Å². The normalized spacial score (nSPS) is 11.2. The number of rotatable bonds is 6. The number of hydrogen-bond acceptors (Lipinski definition) is 8. The molecule has 160 valence electrons. The Morgan fingerprint density at radius 3 is 2.81 bits per heavy atom. The summed E-state index contributed by atoms with van der Waals surface area (Å²) in [4.78, 5) is 41.7. The van der Waals surface area contributed by atoms with Gasteiger partial charge in [0.05, 0.1) is 12.8 Å². The average molecular weight is 440 g/mol. The second-order valence-corrected chi connectivity index (χ2v) is 7.93. The lowest BCUT2D eigenvalue weighted by Crippen LogP contribution is -2.17. The molecule has 3 aromatic heterocycles. The van der Waals surface area contributed by atoms with Crippen LogP contribution in [0.4, 0.5) is 0 Å². The first-order chi connectivity index (χ1) is 14.9. The molecule has 0 saturated carbocycles. The first-order valence-corrected chi connectivity index (χ1v) is 10.5. The van der Waals surface area contributed by atoms with E-state index in [1.165, 1.54) is 28.9 Å². The van der Waals surface area contributed by atoms with E-state index in [4.69, 9.17) is 13.9 Å². The van der Waals surface area contributed by atoms with Crippen LogP contribution in [-0.2, 0) is 22.6 Å². The molecule has 0 amide bonds. The van der Waals surface area contributed by atoms with Gasteiger partial charge in [0.25, 0.3) is 5.56 Å². The highest BCUT2D eigenvalue weighted by Gasteiger charge is 2.15. The van der Waals surface area contributed by atoms with Gasteiger partial charge in [0.1, 0.15) is 17.9 Å². The minimum Gasteiger partial charge on any atom is -0.497 e. The lowest BCUT2D eigenvalue weighted by molar-refractivity contribution is -0.145. The molecule has 0 radical (unpaired) electrons. The number of benzene rings is 1. The molecule has 1 aromatic carbocycles. The Bertz CT molecular complexity index is 1420. The highest BCUT2D eigenvalue weighted by molar-refractivity contribution is 7.15. The first-order valence-electron chi connectivity index (χ1n) is 9.60. The number of nitrogens with zero attached hydrogens (tertiary/aromatic N) is 2. The summed E-state index contributed by atoms with van der Waals surface area (Å²) in [5.74, 6) is 0.105. The third-order valence-electron chi connectivity index (χ3n) is 5.08. The van der Waals surface area contributed by atoms with Crippen LogP contribution < -0.4 is 15.9 Å². The average Bonchev–Trinajstić information content (AvgIpc) is 3.12. The standard InChI is InChI=1S/C22H20N2O6S/c1-12-11-31-22-23-14(8-19(25)24(12)22)10-29-20(26)7-6-17-13(2)16-5-4-15(28-3)9-18(16)30-21(17)27/h4-5,8-9,11H,6-7,10H2,1-3H3. The van der Waals surface area contributed by atoms with Gasteiger partial charge in [-0.15, -0.1) is 11.3 Å². The summed E-state index contributed by atoms with van der Waals surface area (Å²) < 4.78 is 17.3. The third kappa shape index (κ3) is 4.09. The van der Waals surface area contributed by atoms with Gasteiger partial charge in [-0.2, -0.15) is 0 Å². The fourth-order valence-electron chi connectivity index (χ4n) is 3.42. The van der Waals surface area contributed by atoms with Crippen LogP contribution in [0.5, 0.6) is 5.75 Å². The van der Waals surface area contributed by atoms with Gasteiger partial charge in [-0.25, -0.2) is 9.78 Å². The van der Waals surface area contributed by atoms with E-state index < -0.39 is 11.6 Å². The SMILES string of the molecule is COc1ccc2c(C)c(CCC(=O)OCc3cc(=O)n4c(C)csc4n3)c(=O)oc2c1. The Balaban J connectivity index is 1.45. The number of carbonyl (C=O) groups excluding carboxylic acids is 1. The third-order valence-corrected chi connectivity index (χ3v) is 6.03. The van der Waals surface area contributed by atoms with E-state index in [-0.39, 0.29) is 25.0 Å². The number of thiazole rings is 1. The molecule has 0 spiro atoms. The van der Waals surface area contributed by atoms with E-state index in [0.717, 1.165) is 16.6 Å². The van der Waals surface area contributed by atoms with Crippen molar-refractivity contribution in [3.05, 3.63) is 72.9 Å². The van der Waals surface area contributed by atoms with Crippen molar-refractivity contribution in [2.75, 3.05) is 7.11 Å². The number of fused-ring (bicyclic) bond motifs is 2. The maximum atomic E-state index is 12.4. The number of methoxy groups -OCH3 is 1. The lowest BCUT2D eigenvalue weighted by atomic mass is 10.0. The maximum absolute atomic E-state index is 12.4. The van der Waals surface area contributed by atoms with Gasteiger partial charge in [0.15, 0.2) is 4.96 Å². The number of hydrogen-bond donors (Lipinski definition) is 0. The maximum Gasteiger partial charge on any atom is 0.339 e. The van der Waals surface area contributed by atoms with Gasteiger partial charge in [-0.3, -0.25) is 14.0 Å².